The fourth-order valence-corrected chi connectivity index (χ4v) is 3.14. The Hall–Kier alpha value is -0.950. The first kappa shape index (κ1) is 12.5. The lowest BCUT2D eigenvalue weighted by atomic mass is 9.94. The van der Waals surface area contributed by atoms with Crippen LogP contribution in [0.3, 0.4) is 0 Å². The van der Waals surface area contributed by atoms with Gasteiger partial charge in [0, 0.05) is 24.2 Å². The molecule has 88 valence electrons. The third kappa shape index (κ3) is 2.66. The molecule has 2 nitrogen and oxygen atoms in total. The van der Waals surface area contributed by atoms with Crippen molar-refractivity contribution in [2.45, 2.75) is 11.3 Å². The van der Waals surface area contributed by atoms with Gasteiger partial charge in [0.1, 0.15) is 5.40 Å². The third-order valence-corrected chi connectivity index (χ3v) is 4.01. The Bertz CT molecular complexity index is 438. The van der Waals surface area contributed by atoms with Crippen molar-refractivity contribution in [3.05, 3.63) is 47.5 Å². The van der Waals surface area contributed by atoms with Crippen LogP contribution in [0.25, 0.3) is 0 Å². The zero-order valence-corrected chi connectivity index (χ0v) is 10.9. The first-order chi connectivity index (χ1) is 8.26. The fraction of sp³-hybridized carbons (Fsp3) is 0.308. The Morgan fingerprint density at radius 2 is 2.24 bits per heavy atom. The zero-order valence-electron chi connectivity index (χ0n) is 9.34. The van der Waals surface area contributed by atoms with Gasteiger partial charge in [-0.2, -0.15) is 5.26 Å². The van der Waals surface area contributed by atoms with E-state index in [2.05, 4.69) is 16.9 Å². The zero-order chi connectivity index (χ0) is 12.3. The SMILES string of the molecule is C=CCN1C[C@@H](SC#N)[C@@H]1c1ccc(Cl)cc1. The molecule has 0 spiro atoms. The summed E-state index contributed by atoms with van der Waals surface area (Å²) in [5, 5.41) is 12.1. The summed E-state index contributed by atoms with van der Waals surface area (Å²) in [5.74, 6) is 0. The van der Waals surface area contributed by atoms with Crippen LogP contribution in [-0.2, 0) is 0 Å². The number of hydrogen-bond donors (Lipinski definition) is 0. The number of nitriles is 1. The molecule has 1 aromatic carbocycles. The molecule has 0 bridgehead atoms. The summed E-state index contributed by atoms with van der Waals surface area (Å²) in [7, 11) is 0. The molecule has 2 atom stereocenters. The van der Waals surface area contributed by atoms with Crippen molar-refractivity contribution in [1.29, 1.82) is 5.26 Å². The molecule has 1 aromatic rings. The predicted molar refractivity (Wildman–Crippen MR) is 73.0 cm³/mol. The van der Waals surface area contributed by atoms with Gasteiger partial charge >= 0.3 is 0 Å². The minimum absolute atomic E-state index is 0.301. The molecule has 1 aliphatic heterocycles. The van der Waals surface area contributed by atoms with Gasteiger partial charge in [0.15, 0.2) is 0 Å². The highest BCUT2D eigenvalue weighted by molar-refractivity contribution is 8.04. The number of nitrogens with zero attached hydrogens (tertiary/aromatic N) is 2. The second kappa shape index (κ2) is 5.59. The number of benzene rings is 1. The van der Waals surface area contributed by atoms with Crippen molar-refractivity contribution in [3.63, 3.8) is 0 Å². The minimum atomic E-state index is 0.301. The summed E-state index contributed by atoms with van der Waals surface area (Å²) >= 11 is 7.24. The number of rotatable bonds is 4. The van der Waals surface area contributed by atoms with Crippen molar-refractivity contribution < 1.29 is 0 Å². The smallest absolute Gasteiger partial charge is 0.133 e. The molecule has 0 aliphatic carbocycles. The molecular weight excluding hydrogens is 252 g/mol. The van der Waals surface area contributed by atoms with Gasteiger partial charge in [-0.25, -0.2) is 0 Å². The standard InChI is InChI=1S/C13H13ClN2S/c1-2-7-16-8-12(17-9-15)13(16)10-3-5-11(14)6-4-10/h2-6,12-13H,1,7-8H2/t12-,13+/m1/s1. The van der Waals surface area contributed by atoms with E-state index in [9.17, 15) is 0 Å². The molecule has 0 N–H and O–H groups in total. The maximum absolute atomic E-state index is 8.78. The van der Waals surface area contributed by atoms with Crippen LogP contribution < -0.4 is 0 Å². The van der Waals surface area contributed by atoms with Crippen LogP contribution in [-0.4, -0.2) is 23.2 Å². The molecule has 1 fully saturated rings. The summed E-state index contributed by atoms with van der Waals surface area (Å²) in [6.07, 6.45) is 1.90. The highest BCUT2D eigenvalue weighted by Gasteiger charge is 2.39. The normalized spacial score (nSPS) is 23.8. The topological polar surface area (TPSA) is 27.0 Å². The molecule has 0 saturated carbocycles. The number of thiocyanates is 1. The van der Waals surface area contributed by atoms with E-state index in [4.69, 9.17) is 16.9 Å². The van der Waals surface area contributed by atoms with E-state index in [1.165, 1.54) is 17.3 Å². The Morgan fingerprint density at radius 1 is 1.53 bits per heavy atom. The molecule has 0 radical (unpaired) electrons. The van der Waals surface area contributed by atoms with E-state index < -0.39 is 0 Å². The molecule has 4 heteroatoms. The fourth-order valence-electron chi connectivity index (χ4n) is 2.15. The molecule has 1 heterocycles. The van der Waals surface area contributed by atoms with Crippen LogP contribution >= 0.6 is 23.4 Å². The molecule has 0 aromatic heterocycles. The molecule has 1 aliphatic rings. The summed E-state index contributed by atoms with van der Waals surface area (Å²) in [4.78, 5) is 2.31. The lowest BCUT2D eigenvalue weighted by Gasteiger charge is -2.46. The predicted octanol–water partition coefficient (Wildman–Crippen LogP) is 3.47. The molecule has 0 unspecified atom stereocenters. The van der Waals surface area contributed by atoms with E-state index in [1.807, 2.05) is 30.3 Å². The van der Waals surface area contributed by atoms with E-state index in [1.54, 1.807) is 0 Å². The van der Waals surface area contributed by atoms with Crippen LogP contribution in [0.15, 0.2) is 36.9 Å². The van der Waals surface area contributed by atoms with E-state index in [0.717, 1.165) is 18.1 Å². The first-order valence-electron chi connectivity index (χ1n) is 5.41. The third-order valence-electron chi connectivity index (χ3n) is 2.94. The van der Waals surface area contributed by atoms with Crippen LogP contribution in [0.4, 0.5) is 0 Å². The van der Waals surface area contributed by atoms with Gasteiger partial charge in [0.2, 0.25) is 0 Å². The van der Waals surface area contributed by atoms with Crippen molar-refractivity contribution in [2.24, 2.45) is 0 Å². The summed E-state index contributed by atoms with van der Waals surface area (Å²) in [6, 6.07) is 8.17. The average Bonchev–Trinajstić information content (AvgIpc) is 2.31. The largest absolute Gasteiger partial charge is 0.290 e. The molecule has 0 amide bonds. The first-order valence-corrected chi connectivity index (χ1v) is 6.67. The minimum Gasteiger partial charge on any atom is -0.290 e. The molecule has 17 heavy (non-hydrogen) atoms. The molecular formula is C13H13ClN2S. The van der Waals surface area contributed by atoms with Crippen molar-refractivity contribution in [2.75, 3.05) is 13.1 Å². The van der Waals surface area contributed by atoms with Crippen molar-refractivity contribution in [3.8, 4) is 5.40 Å². The average molecular weight is 265 g/mol. The van der Waals surface area contributed by atoms with Crippen LogP contribution in [0, 0.1) is 10.7 Å². The van der Waals surface area contributed by atoms with Gasteiger partial charge in [0.25, 0.3) is 0 Å². The highest BCUT2D eigenvalue weighted by Crippen LogP contribution is 2.40. The monoisotopic (exact) mass is 264 g/mol. The summed E-state index contributed by atoms with van der Waals surface area (Å²) in [5.41, 5.74) is 1.22. The Labute approximate surface area is 111 Å². The Balaban J connectivity index is 2.16. The second-order valence-electron chi connectivity index (χ2n) is 3.99. The van der Waals surface area contributed by atoms with E-state index >= 15 is 0 Å². The lowest BCUT2D eigenvalue weighted by molar-refractivity contribution is 0.118. The summed E-state index contributed by atoms with van der Waals surface area (Å²) in [6.45, 7) is 5.56. The molecule has 1 saturated heterocycles. The van der Waals surface area contributed by atoms with Crippen LogP contribution in [0.2, 0.25) is 5.02 Å². The van der Waals surface area contributed by atoms with Crippen LogP contribution in [0.1, 0.15) is 11.6 Å². The van der Waals surface area contributed by atoms with Gasteiger partial charge in [-0.05, 0) is 29.5 Å². The van der Waals surface area contributed by atoms with Gasteiger partial charge in [-0.3, -0.25) is 4.90 Å². The van der Waals surface area contributed by atoms with E-state index in [-0.39, 0.29) is 0 Å². The molecule has 2 rings (SSSR count). The van der Waals surface area contributed by atoms with Crippen molar-refractivity contribution in [1.82, 2.24) is 4.90 Å². The van der Waals surface area contributed by atoms with Crippen molar-refractivity contribution >= 4 is 23.4 Å². The Kier molecular flexibility index (Phi) is 4.11. The van der Waals surface area contributed by atoms with E-state index in [0.29, 0.717) is 11.3 Å². The van der Waals surface area contributed by atoms with Gasteiger partial charge < -0.3 is 0 Å². The Morgan fingerprint density at radius 3 is 2.82 bits per heavy atom. The number of halogens is 1. The van der Waals surface area contributed by atoms with Gasteiger partial charge in [-0.15, -0.1) is 6.58 Å². The number of hydrogen-bond acceptors (Lipinski definition) is 3. The lowest BCUT2D eigenvalue weighted by Crippen LogP contribution is -2.51. The number of likely N-dealkylation sites (tertiary alicyclic amines) is 1. The maximum atomic E-state index is 8.78. The van der Waals surface area contributed by atoms with Gasteiger partial charge in [0.05, 0.1) is 5.25 Å². The summed E-state index contributed by atoms with van der Waals surface area (Å²) < 4.78 is 0. The second-order valence-corrected chi connectivity index (χ2v) is 5.45. The quantitative estimate of drug-likeness (QED) is 0.616. The van der Waals surface area contributed by atoms with Gasteiger partial charge in [-0.1, -0.05) is 29.8 Å². The number of thioether (sulfide) groups is 1. The highest BCUT2D eigenvalue weighted by atomic mass is 35.5. The van der Waals surface area contributed by atoms with Crippen LogP contribution in [0.5, 0.6) is 0 Å². The maximum Gasteiger partial charge on any atom is 0.133 e.